The molecule has 2 saturated heterocycles. The predicted octanol–water partition coefficient (Wildman–Crippen LogP) is 6.85. The molecule has 0 amide bonds. The van der Waals surface area contributed by atoms with Gasteiger partial charge in [0.25, 0.3) is 0 Å². The molecule has 164 valence electrons. The molecule has 0 spiro atoms. The first kappa shape index (κ1) is 27.5. The Morgan fingerprint density at radius 3 is 1.59 bits per heavy atom. The van der Waals surface area contributed by atoms with Crippen molar-refractivity contribution in [3.63, 3.8) is 0 Å². The molecule has 0 saturated carbocycles. The highest BCUT2D eigenvalue weighted by Gasteiger charge is 2.27. The minimum absolute atomic E-state index is 0. The van der Waals surface area contributed by atoms with Gasteiger partial charge in [0.2, 0.25) is 0 Å². The number of unbranched alkanes of at least 4 members (excludes halogenated alkanes) is 10. The molecule has 1 N–H and O–H groups in total. The molecule has 0 aromatic heterocycles. The molecule has 2 aliphatic heterocycles. The van der Waals surface area contributed by atoms with E-state index in [1.807, 2.05) is 0 Å². The van der Waals surface area contributed by atoms with Gasteiger partial charge in [0, 0.05) is 0 Å². The molecule has 0 aliphatic carbocycles. The Labute approximate surface area is 182 Å². The van der Waals surface area contributed by atoms with Gasteiger partial charge in [-0.15, -0.1) is 24.8 Å². The second kappa shape index (κ2) is 18.5. The van der Waals surface area contributed by atoms with Crippen LogP contribution < -0.4 is 5.32 Å². The fourth-order valence-electron chi connectivity index (χ4n) is 4.96. The summed E-state index contributed by atoms with van der Waals surface area (Å²) in [6, 6.07) is 0. The highest BCUT2D eigenvalue weighted by Crippen LogP contribution is 2.30. The van der Waals surface area contributed by atoms with Gasteiger partial charge in [-0.3, -0.25) is 0 Å². The fraction of sp³-hybridized carbons (Fsp3) is 1.00. The lowest BCUT2D eigenvalue weighted by molar-refractivity contribution is 0.129. The van der Waals surface area contributed by atoms with Crippen LogP contribution in [-0.4, -0.2) is 37.6 Å². The van der Waals surface area contributed by atoms with Gasteiger partial charge in [0.15, 0.2) is 0 Å². The van der Waals surface area contributed by atoms with Gasteiger partial charge in [-0.1, -0.05) is 71.1 Å². The minimum atomic E-state index is 0. The summed E-state index contributed by atoms with van der Waals surface area (Å²) in [6.45, 7) is 8.97. The normalized spacial score (nSPS) is 19.4. The van der Waals surface area contributed by atoms with E-state index in [2.05, 4.69) is 17.1 Å². The molecule has 0 aromatic rings. The third-order valence-electron chi connectivity index (χ3n) is 6.76. The van der Waals surface area contributed by atoms with E-state index in [0.29, 0.717) is 0 Å². The molecular weight excluding hydrogens is 375 g/mol. The lowest BCUT2D eigenvalue weighted by atomic mass is 9.79. The molecule has 27 heavy (non-hydrogen) atoms. The zero-order valence-electron chi connectivity index (χ0n) is 18.1. The van der Waals surface area contributed by atoms with Gasteiger partial charge in [-0.2, -0.15) is 0 Å². The number of nitrogens with one attached hydrogen (secondary N) is 1. The zero-order valence-corrected chi connectivity index (χ0v) is 19.7. The zero-order chi connectivity index (χ0) is 17.6. The van der Waals surface area contributed by atoms with E-state index in [0.717, 1.165) is 11.8 Å². The highest BCUT2D eigenvalue weighted by molar-refractivity contribution is 5.85. The van der Waals surface area contributed by atoms with Crippen molar-refractivity contribution in [1.29, 1.82) is 0 Å². The smallest absolute Gasteiger partial charge is 0.00160 e. The quantitative estimate of drug-likeness (QED) is 0.326. The van der Waals surface area contributed by atoms with Gasteiger partial charge in [0.1, 0.15) is 0 Å². The van der Waals surface area contributed by atoms with Crippen LogP contribution in [0.5, 0.6) is 0 Å². The van der Waals surface area contributed by atoms with Crippen molar-refractivity contribution in [2.24, 2.45) is 11.8 Å². The van der Waals surface area contributed by atoms with Crippen LogP contribution in [0.3, 0.4) is 0 Å². The Kier molecular flexibility index (Phi) is 18.9. The van der Waals surface area contributed by atoms with E-state index < -0.39 is 0 Å². The standard InChI is InChI=1S/C23H46N2.2ClH/c1-2-3-4-5-6-7-8-9-10-11-12-19-25-20-15-23(16-21-25)22-13-17-24-18-14-22;;/h22-24H,2-21H2,1H3;2*1H. The van der Waals surface area contributed by atoms with Gasteiger partial charge in [-0.05, 0) is 76.7 Å². The van der Waals surface area contributed by atoms with E-state index in [4.69, 9.17) is 0 Å². The summed E-state index contributed by atoms with van der Waals surface area (Å²) >= 11 is 0. The maximum Gasteiger partial charge on any atom is -0.00160 e. The maximum atomic E-state index is 3.52. The van der Waals surface area contributed by atoms with Crippen LogP contribution >= 0.6 is 24.8 Å². The van der Waals surface area contributed by atoms with E-state index in [1.165, 1.54) is 129 Å². The third-order valence-corrected chi connectivity index (χ3v) is 6.76. The van der Waals surface area contributed by atoms with Gasteiger partial charge >= 0.3 is 0 Å². The number of likely N-dealkylation sites (tertiary alicyclic amines) is 1. The maximum absolute atomic E-state index is 3.52. The van der Waals surface area contributed by atoms with Gasteiger partial charge in [0.05, 0.1) is 0 Å². The molecule has 2 rings (SSSR count). The molecule has 0 bridgehead atoms. The van der Waals surface area contributed by atoms with Gasteiger partial charge in [-0.25, -0.2) is 0 Å². The summed E-state index contributed by atoms with van der Waals surface area (Å²) < 4.78 is 0. The first-order valence-corrected chi connectivity index (χ1v) is 11.8. The summed E-state index contributed by atoms with van der Waals surface area (Å²) in [5.41, 5.74) is 0. The molecule has 2 heterocycles. The fourth-order valence-corrected chi connectivity index (χ4v) is 4.96. The van der Waals surface area contributed by atoms with Crippen LogP contribution in [-0.2, 0) is 0 Å². The average Bonchev–Trinajstić information content (AvgIpc) is 2.67. The summed E-state index contributed by atoms with van der Waals surface area (Å²) in [4.78, 5) is 2.76. The lowest BCUT2D eigenvalue weighted by Gasteiger charge is -2.37. The van der Waals surface area contributed by atoms with Crippen molar-refractivity contribution in [2.45, 2.75) is 103 Å². The molecule has 0 unspecified atom stereocenters. The molecule has 2 aliphatic rings. The second-order valence-electron chi connectivity index (χ2n) is 8.80. The monoisotopic (exact) mass is 422 g/mol. The van der Waals surface area contributed by atoms with Crippen LogP contribution in [0.4, 0.5) is 0 Å². The van der Waals surface area contributed by atoms with Crippen LogP contribution in [0.15, 0.2) is 0 Å². The van der Waals surface area contributed by atoms with Crippen molar-refractivity contribution in [1.82, 2.24) is 10.2 Å². The number of nitrogens with zero attached hydrogens (tertiary/aromatic N) is 1. The molecule has 2 fully saturated rings. The van der Waals surface area contributed by atoms with Crippen molar-refractivity contribution in [3.05, 3.63) is 0 Å². The van der Waals surface area contributed by atoms with E-state index in [-0.39, 0.29) is 24.8 Å². The number of piperidine rings is 2. The first-order chi connectivity index (χ1) is 12.4. The Balaban J connectivity index is 0.00000338. The van der Waals surface area contributed by atoms with E-state index >= 15 is 0 Å². The highest BCUT2D eigenvalue weighted by atomic mass is 35.5. The van der Waals surface area contributed by atoms with Crippen molar-refractivity contribution >= 4 is 24.8 Å². The third kappa shape index (κ3) is 12.6. The van der Waals surface area contributed by atoms with Crippen LogP contribution in [0.1, 0.15) is 103 Å². The number of hydrogen-bond donors (Lipinski definition) is 1. The van der Waals surface area contributed by atoms with Crippen LogP contribution in [0.25, 0.3) is 0 Å². The molecule has 0 radical (unpaired) electrons. The van der Waals surface area contributed by atoms with Crippen molar-refractivity contribution in [3.8, 4) is 0 Å². The average molecular weight is 424 g/mol. The van der Waals surface area contributed by atoms with E-state index in [9.17, 15) is 0 Å². The van der Waals surface area contributed by atoms with E-state index in [1.54, 1.807) is 0 Å². The topological polar surface area (TPSA) is 15.3 Å². The Bertz CT molecular complexity index is 301. The molecule has 4 heteroatoms. The minimum Gasteiger partial charge on any atom is -0.317 e. The SMILES string of the molecule is CCCCCCCCCCCCCN1CCC(C2CCNCC2)CC1.Cl.Cl. The number of halogens is 2. The molecular formula is C23H48Cl2N2. The predicted molar refractivity (Wildman–Crippen MR) is 126 cm³/mol. The van der Waals surface area contributed by atoms with Crippen LogP contribution in [0, 0.1) is 11.8 Å². The number of hydrogen-bond acceptors (Lipinski definition) is 2. The first-order valence-electron chi connectivity index (χ1n) is 11.8. The number of rotatable bonds is 13. The van der Waals surface area contributed by atoms with Crippen LogP contribution in [0.2, 0.25) is 0 Å². The Hall–Kier alpha value is 0.500. The summed E-state index contributed by atoms with van der Waals surface area (Å²) in [5, 5.41) is 3.52. The van der Waals surface area contributed by atoms with Gasteiger partial charge < -0.3 is 10.2 Å². The largest absolute Gasteiger partial charge is 0.317 e. The Morgan fingerprint density at radius 1 is 0.630 bits per heavy atom. The second-order valence-corrected chi connectivity index (χ2v) is 8.80. The lowest BCUT2D eigenvalue weighted by Crippen LogP contribution is -2.39. The summed E-state index contributed by atoms with van der Waals surface area (Å²) in [6.07, 6.45) is 21.9. The summed E-state index contributed by atoms with van der Waals surface area (Å²) in [5.74, 6) is 2.07. The molecule has 2 nitrogen and oxygen atoms in total. The summed E-state index contributed by atoms with van der Waals surface area (Å²) in [7, 11) is 0. The Morgan fingerprint density at radius 2 is 1.07 bits per heavy atom. The van der Waals surface area contributed by atoms with Crippen molar-refractivity contribution < 1.29 is 0 Å². The van der Waals surface area contributed by atoms with Crippen molar-refractivity contribution in [2.75, 3.05) is 32.7 Å². The molecule has 0 aromatic carbocycles. The molecule has 0 atom stereocenters.